The topological polar surface area (TPSA) is 41.5 Å². The van der Waals surface area contributed by atoms with E-state index in [0.29, 0.717) is 6.04 Å². The third-order valence-corrected chi connectivity index (χ3v) is 2.72. The predicted octanol–water partition coefficient (Wildman–Crippen LogP) is 1.48. The summed E-state index contributed by atoms with van der Waals surface area (Å²) in [5.41, 5.74) is 1.20. The van der Waals surface area contributed by atoms with E-state index in [2.05, 4.69) is 11.4 Å². The van der Waals surface area contributed by atoms with Gasteiger partial charge in [-0.2, -0.15) is 0 Å². The van der Waals surface area contributed by atoms with Crippen molar-refractivity contribution in [2.45, 2.75) is 25.4 Å². The fourth-order valence-electron chi connectivity index (χ4n) is 1.91. The molecule has 0 amide bonds. The Balaban J connectivity index is 2.15. The van der Waals surface area contributed by atoms with Crippen molar-refractivity contribution in [3.63, 3.8) is 0 Å². The summed E-state index contributed by atoms with van der Waals surface area (Å²) in [6.07, 6.45) is 0.960. The van der Waals surface area contributed by atoms with E-state index in [1.165, 1.54) is 5.56 Å². The minimum atomic E-state index is 0.126. The number of benzene rings is 1. The highest BCUT2D eigenvalue weighted by Crippen LogP contribution is 2.31. The molecule has 0 saturated carbocycles. The Hall–Kier alpha value is -1.06. The second kappa shape index (κ2) is 4.64. The van der Waals surface area contributed by atoms with Crippen molar-refractivity contribution >= 4 is 0 Å². The molecule has 2 rings (SSSR count). The van der Waals surface area contributed by atoms with Gasteiger partial charge in [-0.25, -0.2) is 0 Å². The number of para-hydroxylation sites is 1. The van der Waals surface area contributed by atoms with Crippen molar-refractivity contribution in [3.8, 4) is 5.75 Å². The van der Waals surface area contributed by atoms with Crippen molar-refractivity contribution in [1.82, 2.24) is 5.32 Å². The summed E-state index contributed by atoms with van der Waals surface area (Å²) in [4.78, 5) is 0. The SMILES string of the molecule is C[C@H](CO)NC1CCOc2ccccc21. The van der Waals surface area contributed by atoms with E-state index in [0.717, 1.165) is 18.8 Å². The molecule has 1 aromatic rings. The number of rotatable bonds is 3. The van der Waals surface area contributed by atoms with Gasteiger partial charge in [0.2, 0.25) is 0 Å². The molecule has 0 radical (unpaired) electrons. The van der Waals surface area contributed by atoms with Crippen LogP contribution in [-0.2, 0) is 0 Å². The molecule has 15 heavy (non-hydrogen) atoms. The van der Waals surface area contributed by atoms with Crippen LogP contribution in [0, 0.1) is 0 Å². The lowest BCUT2D eigenvalue weighted by Gasteiger charge is -2.28. The van der Waals surface area contributed by atoms with E-state index in [-0.39, 0.29) is 12.6 Å². The Labute approximate surface area is 90.1 Å². The van der Waals surface area contributed by atoms with Gasteiger partial charge in [-0.1, -0.05) is 18.2 Å². The first-order valence-corrected chi connectivity index (χ1v) is 5.40. The predicted molar refractivity (Wildman–Crippen MR) is 59.0 cm³/mol. The Bertz CT molecular complexity index is 327. The van der Waals surface area contributed by atoms with Crippen LogP contribution in [0.4, 0.5) is 0 Å². The van der Waals surface area contributed by atoms with Crippen LogP contribution >= 0.6 is 0 Å². The first-order valence-electron chi connectivity index (χ1n) is 5.40. The second-order valence-corrected chi connectivity index (χ2v) is 3.98. The van der Waals surface area contributed by atoms with Crippen LogP contribution in [0.1, 0.15) is 24.9 Å². The zero-order valence-corrected chi connectivity index (χ0v) is 8.94. The average molecular weight is 207 g/mol. The standard InChI is InChI=1S/C12H17NO2/c1-9(8-14)13-11-6-7-15-12-5-3-2-4-10(11)12/h2-5,9,11,13-14H,6-8H2,1H3/t9-,11?/m1/s1. The molecule has 0 spiro atoms. The molecule has 82 valence electrons. The molecule has 1 aromatic carbocycles. The van der Waals surface area contributed by atoms with Gasteiger partial charge in [0.15, 0.2) is 0 Å². The number of aliphatic hydroxyl groups excluding tert-OH is 1. The van der Waals surface area contributed by atoms with Crippen LogP contribution in [0.3, 0.4) is 0 Å². The van der Waals surface area contributed by atoms with Crippen LogP contribution in [0.15, 0.2) is 24.3 Å². The maximum atomic E-state index is 9.02. The molecule has 2 atom stereocenters. The Kier molecular flexibility index (Phi) is 3.23. The van der Waals surface area contributed by atoms with Gasteiger partial charge in [0.1, 0.15) is 5.75 Å². The summed E-state index contributed by atoms with van der Waals surface area (Å²) in [6.45, 7) is 2.89. The van der Waals surface area contributed by atoms with Crippen molar-refractivity contribution in [1.29, 1.82) is 0 Å². The Morgan fingerprint density at radius 3 is 3.13 bits per heavy atom. The third kappa shape index (κ3) is 2.30. The summed E-state index contributed by atoms with van der Waals surface area (Å²) in [6, 6.07) is 8.50. The molecule has 1 unspecified atom stereocenters. The van der Waals surface area contributed by atoms with E-state index < -0.39 is 0 Å². The third-order valence-electron chi connectivity index (χ3n) is 2.72. The lowest BCUT2D eigenvalue weighted by atomic mass is 10.00. The minimum absolute atomic E-state index is 0.126. The molecule has 0 bridgehead atoms. The molecule has 1 heterocycles. The first-order chi connectivity index (χ1) is 7.31. The number of fused-ring (bicyclic) bond motifs is 1. The largest absolute Gasteiger partial charge is 0.493 e. The monoisotopic (exact) mass is 207 g/mol. The molecule has 0 fully saturated rings. The molecule has 0 saturated heterocycles. The fourth-order valence-corrected chi connectivity index (χ4v) is 1.91. The number of ether oxygens (including phenoxy) is 1. The van der Waals surface area contributed by atoms with E-state index in [4.69, 9.17) is 9.84 Å². The fraction of sp³-hybridized carbons (Fsp3) is 0.500. The highest BCUT2D eigenvalue weighted by molar-refractivity contribution is 5.37. The number of hydrogen-bond acceptors (Lipinski definition) is 3. The maximum absolute atomic E-state index is 9.02. The maximum Gasteiger partial charge on any atom is 0.124 e. The smallest absolute Gasteiger partial charge is 0.124 e. The van der Waals surface area contributed by atoms with Crippen LogP contribution in [0.2, 0.25) is 0 Å². The van der Waals surface area contributed by atoms with Crippen molar-refractivity contribution < 1.29 is 9.84 Å². The van der Waals surface area contributed by atoms with Gasteiger partial charge >= 0.3 is 0 Å². The molecule has 0 aromatic heterocycles. The average Bonchev–Trinajstić information content (AvgIpc) is 2.29. The van der Waals surface area contributed by atoms with Crippen LogP contribution < -0.4 is 10.1 Å². The Morgan fingerprint density at radius 1 is 1.53 bits per heavy atom. The summed E-state index contributed by atoms with van der Waals surface area (Å²) < 4.78 is 5.57. The van der Waals surface area contributed by atoms with Crippen LogP contribution in [0.5, 0.6) is 5.75 Å². The van der Waals surface area contributed by atoms with Gasteiger partial charge in [0, 0.05) is 24.1 Å². The Morgan fingerprint density at radius 2 is 2.33 bits per heavy atom. The van der Waals surface area contributed by atoms with Gasteiger partial charge < -0.3 is 15.2 Å². The molecule has 1 aliphatic heterocycles. The highest BCUT2D eigenvalue weighted by atomic mass is 16.5. The van der Waals surface area contributed by atoms with Crippen molar-refractivity contribution in [2.75, 3.05) is 13.2 Å². The summed E-state index contributed by atoms with van der Waals surface area (Å²) in [5, 5.41) is 12.4. The van der Waals surface area contributed by atoms with Gasteiger partial charge in [0.25, 0.3) is 0 Å². The second-order valence-electron chi connectivity index (χ2n) is 3.98. The zero-order valence-electron chi connectivity index (χ0n) is 8.94. The number of nitrogens with one attached hydrogen (secondary N) is 1. The van der Waals surface area contributed by atoms with Crippen LogP contribution in [-0.4, -0.2) is 24.4 Å². The molecule has 1 aliphatic rings. The highest BCUT2D eigenvalue weighted by Gasteiger charge is 2.21. The van der Waals surface area contributed by atoms with Gasteiger partial charge in [0.05, 0.1) is 13.2 Å². The molecule has 3 heteroatoms. The first kappa shape index (κ1) is 10.5. The molecule has 2 N–H and O–H groups in total. The molecule has 3 nitrogen and oxygen atoms in total. The van der Waals surface area contributed by atoms with E-state index in [1.807, 2.05) is 25.1 Å². The van der Waals surface area contributed by atoms with Crippen molar-refractivity contribution in [3.05, 3.63) is 29.8 Å². The molecular weight excluding hydrogens is 190 g/mol. The van der Waals surface area contributed by atoms with E-state index in [9.17, 15) is 0 Å². The minimum Gasteiger partial charge on any atom is -0.493 e. The van der Waals surface area contributed by atoms with E-state index >= 15 is 0 Å². The normalized spacial score (nSPS) is 21.6. The van der Waals surface area contributed by atoms with Crippen LogP contribution in [0.25, 0.3) is 0 Å². The number of aliphatic hydroxyl groups is 1. The lowest BCUT2D eigenvalue weighted by Crippen LogP contribution is -2.35. The molecular formula is C12H17NO2. The summed E-state index contributed by atoms with van der Waals surface area (Å²) >= 11 is 0. The zero-order chi connectivity index (χ0) is 10.7. The molecule has 0 aliphatic carbocycles. The summed E-state index contributed by atoms with van der Waals surface area (Å²) in [5.74, 6) is 0.964. The van der Waals surface area contributed by atoms with Gasteiger partial charge in [-0.15, -0.1) is 0 Å². The van der Waals surface area contributed by atoms with Gasteiger partial charge in [-0.3, -0.25) is 0 Å². The quantitative estimate of drug-likeness (QED) is 0.789. The van der Waals surface area contributed by atoms with Gasteiger partial charge in [-0.05, 0) is 13.0 Å². The lowest BCUT2D eigenvalue weighted by molar-refractivity contribution is 0.210. The van der Waals surface area contributed by atoms with Crippen molar-refractivity contribution in [2.24, 2.45) is 0 Å². The van der Waals surface area contributed by atoms with E-state index in [1.54, 1.807) is 0 Å². The summed E-state index contributed by atoms with van der Waals surface area (Å²) in [7, 11) is 0. The number of hydrogen-bond donors (Lipinski definition) is 2.